The van der Waals surface area contributed by atoms with Crippen LogP contribution in [0.25, 0.3) is 0 Å². The number of nitrogens with one attached hydrogen (secondary N) is 2. The lowest BCUT2D eigenvalue weighted by Gasteiger charge is -2.34. The standard InChI is InChI=1S/C20H28N4/c1-3-7-19(8-4-1)21-11-13-23-15-17-24(18-16-23)14-12-22-20-9-5-2-6-10-20/h1-10,21-22H,11-18H2. The van der Waals surface area contributed by atoms with Crippen molar-refractivity contribution in [1.29, 1.82) is 0 Å². The van der Waals surface area contributed by atoms with Gasteiger partial charge in [-0.15, -0.1) is 0 Å². The Kier molecular flexibility index (Phi) is 6.51. The molecule has 1 fully saturated rings. The molecule has 0 radical (unpaired) electrons. The first-order valence-electron chi connectivity index (χ1n) is 8.93. The van der Waals surface area contributed by atoms with Crippen LogP contribution >= 0.6 is 0 Å². The highest BCUT2D eigenvalue weighted by Gasteiger charge is 2.15. The Hall–Kier alpha value is -2.04. The monoisotopic (exact) mass is 324 g/mol. The van der Waals surface area contributed by atoms with Crippen LogP contribution in [0.4, 0.5) is 11.4 Å². The molecule has 0 aliphatic carbocycles. The third-order valence-corrected chi connectivity index (χ3v) is 4.53. The molecule has 1 saturated heterocycles. The molecule has 2 aromatic carbocycles. The lowest BCUT2D eigenvalue weighted by molar-refractivity contribution is 0.140. The van der Waals surface area contributed by atoms with Crippen molar-refractivity contribution in [2.75, 3.05) is 63.0 Å². The quantitative estimate of drug-likeness (QED) is 0.782. The molecule has 1 heterocycles. The molecule has 1 aliphatic heterocycles. The number of hydrogen-bond acceptors (Lipinski definition) is 4. The van der Waals surface area contributed by atoms with Gasteiger partial charge in [-0.2, -0.15) is 0 Å². The van der Waals surface area contributed by atoms with E-state index in [1.807, 2.05) is 0 Å². The van der Waals surface area contributed by atoms with Crippen molar-refractivity contribution in [3.8, 4) is 0 Å². The van der Waals surface area contributed by atoms with E-state index >= 15 is 0 Å². The molecule has 0 spiro atoms. The fourth-order valence-electron chi connectivity index (χ4n) is 3.07. The molecule has 128 valence electrons. The highest BCUT2D eigenvalue weighted by molar-refractivity contribution is 5.42. The Morgan fingerprint density at radius 1 is 0.583 bits per heavy atom. The first-order chi connectivity index (χ1) is 11.9. The van der Waals surface area contributed by atoms with E-state index in [4.69, 9.17) is 0 Å². The van der Waals surface area contributed by atoms with Crippen LogP contribution in [-0.2, 0) is 0 Å². The van der Waals surface area contributed by atoms with E-state index in [0.717, 1.165) is 26.2 Å². The third kappa shape index (κ3) is 5.55. The van der Waals surface area contributed by atoms with Gasteiger partial charge in [0.2, 0.25) is 0 Å². The van der Waals surface area contributed by atoms with Crippen LogP contribution in [0.3, 0.4) is 0 Å². The van der Waals surface area contributed by atoms with Gasteiger partial charge in [-0.25, -0.2) is 0 Å². The zero-order valence-electron chi connectivity index (χ0n) is 14.3. The number of hydrogen-bond donors (Lipinski definition) is 2. The Balaban J connectivity index is 1.27. The van der Waals surface area contributed by atoms with E-state index in [-0.39, 0.29) is 0 Å². The van der Waals surface area contributed by atoms with Gasteiger partial charge in [0.1, 0.15) is 0 Å². The van der Waals surface area contributed by atoms with E-state index in [2.05, 4.69) is 81.1 Å². The third-order valence-electron chi connectivity index (χ3n) is 4.53. The molecule has 4 nitrogen and oxygen atoms in total. The van der Waals surface area contributed by atoms with Crippen molar-refractivity contribution in [2.45, 2.75) is 0 Å². The molecule has 4 heteroatoms. The van der Waals surface area contributed by atoms with Crippen molar-refractivity contribution >= 4 is 11.4 Å². The molecule has 3 rings (SSSR count). The maximum Gasteiger partial charge on any atom is 0.0340 e. The molecule has 24 heavy (non-hydrogen) atoms. The number of rotatable bonds is 8. The van der Waals surface area contributed by atoms with Crippen LogP contribution in [0.5, 0.6) is 0 Å². The largest absolute Gasteiger partial charge is 0.384 e. The molecule has 0 amide bonds. The predicted octanol–water partition coefficient (Wildman–Crippen LogP) is 2.83. The van der Waals surface area contributed by atoms with Gasteiger partial charge in [-0.3, -0.25) is 9.80 Å². The predicted molar refractivity (Wildman–Crippen MR) is 103 cm³/mol. The summed E-state index contributed by atoms with van der Waals surface area (Å²) in [7, 11) is 0. The summed E-state index contributed by atoms with van der Waals surface area (Å²) in [6.45, 7) is 8.93. The van der Waals surface area contributed by atoms with Gasteiger partial charge in [0, 0.05) is 63.7 Å². The van der Waals surface area contributed by atoms with E-state index in [1.54, 1.807) is 0 Å². The average molecular weight is 324 g/mol. The van der Waals surface area contributed by atoms with Gasteiger partial charge in [0.05, 0.1) is 0 Å². The molecule has 1 aliphatic rings. The molecular formula is C20H28N4. The van der Waals surface area contributed by atoms with Gasteiger partial charge in [-0.1, -0.05) is 36.4 Å². The van der Waals surface area contributed by atoms with Crippen LogP contribution in [-0.4, -0.2) is 62.2 Å². The van der Waals surface area contributed by atoms with E-state index in [1.165, 1.54) is 37.6 Å². The molecule has 0 saturated carbocycles. The van der Waals surface area contributed by atoms with E-state index in [9.17, 15) is 0 Å². The summed E-state index contributed by atoms with van der Waals surface area (Å²) in [5, 5.41) is 6.98. The number of para-hydroxylation sites is 2. The van der Waals surface area contributed by atoms with Crippen molar-refractivity contribution in [1.82, 2.24) is 9.80 Å². The molecule has 0 aromatic heterocycles. The lowest BCUT2D eigenvalue weighted by Crippen LogP contribution is -2.48. The fourth-order valence-corrected chi connectivity index (χ4v) is 3.07. The summed E-state index contributed by atoms with van der Waals surface area (Å²) in [4.78, 5) is 5.11. The van der Waals surface area contributed by atoms with Crippen molar-refractivity contribution < 1.29 is 0 Å². The second kappa shape index (κ2) is 9.30. The van der Waals surface area contributed by atoms with Crippen LogP contribution in [0.15, 0.2) is 60.7 Å². The Morgan fingerprint density at radius 3 is 1.33 bits per heavy atom. The average Bonchev–Trinajstić information content (AvgIpc) is 2.65. The van der Waals surface area contributed by atoms with Crippen molar-refractivity contribution in [3.05, 3.63) is 60.7 Å². The summed E-state index contributed by atoms with van der Waals surface area (Å²) < 4.78 is 0. The lowest BCUT2D eigenvalue weighted by atomic mass is 10.3. The first kappa shape index (κ1) is 16.8. The topological polar surface area (TPSA) is 30.5 Å². The van der Waals surface area contributed by atoms with Crippen LogP contribution in [0.2, 0.25) is 0 Å². The second-order valence-electron chi connectivity index (χ2n) is 6.27. The minimum atomic E-state index is 1.01. The summed E-state index contributed by atoms with van der Waals surface area (Å²) in [5.41, 5.74) is 2.42. The Bertz CT molecular complexity index is 511. The molecule has 2 N–H and O–H groups in total. The summed E-state index contributed by atoms with van der Waals surface area (Å²) in [6.07, 6.45) is 0. The van der Waals surface area contributed by atoms with Gasteiger partial charge < -0.3 is 10.6 Å². The second-order valence-corrected chi connectivity index (χ2v) is 6.27. The zero-order valence-corrected chi connectivity index (χ0v) is 14.3. The maximum absolute atomic E-state index is 3.49. The molecule has 2 aromatic rings. The number of benzene rings is 2. The van der Waals surface area contributed by atoms with Crippen LogP contribution < -0.4 is 10.6 Å². The molecule has 0 bridgehead atoms. The molecular weight excluding hydrogens is 296 g/mol. The normalized spacial score (nSPS) is 16.0. The van der Waals surface area contributed by atoms with Gasteiger partial charge in [-0.05, 0) is 24.3 Å². The van der Waals surface area contributed by atoms with Gasteiger partial charge >= 0.3 is 0 Å². The number of anilines is 2. The minimum Gasteiger partial charge on any atom is -0.384 e. The summed E-state index contributed by atoms with van der Waals surface area (Å²) >= 11 is 0. The van der Waals surface area contributed by atoms with Gasteiger partial charge in [0.15, 0.2) is 0 Å². The highest BCUT2D eigenvalue weighted by Crippen LogP contribution is 2.07. The zero-order chi connectivity index (χ0) is 16.5. The van der Waals surface area contributed by atoms with E-state index < -0.39 is 0 Å². The Labute approximate surface area is 145 Å². The van der Waals surface area contributed by atoms with Crippen LogP contribution in [0.1, 0.15) is 0 Å². The fraction of sp³-hybridized carbons (Fsp3) is 0.400. The smallest absolute Gasteiger partial charge is 0.0340 e. The highest BCUT2D eigenvalue weighted by atomic mass is 15.3. The molecule has 0 atom stereocenters. The number of piperazine rings is 1. The first-order valence-corrected chi connectivity index (χ1v) is 8.93. The van der Waals surface area contributed by atoms with Crippen molar-refractivity contribution in [3.63, 3.8) is 0 Å². The Morgan fingerprint density at radius 2 is 0.958 bits per heavy atom. The minimum absolute atomic E-state index is 1.01. The summed E-state index contributed by atoms with van der Waals surface area (Å²) in [5.74, 6) is 0. The summed E-state index contributed by atoms with van der Waals surface area (Å²) in [6, 6.07) is 20.9. The SMILES string of the molecule is c1ccc(NCCN2CCN(CCNc3ccccc3)CC2)cc1. The number of nitrogens with zero attached hydrogens (tertiary/aromatic N) is 2. The van der Waals surface area contributed by atoms with Crippen LogP contribution in [0, 0.1) is 0 Å². The van der Waals surface area contributed by atoms with Gasteiger partial charge in [0.25, 0.3) is 0 Å². The molecule has 0 unspecified atom stereocenters. The van der Waals surface area contributed by atoms with Crippen molar-refractivity contribution in [2.24, 2.45) is 0 Å². The van der Waals surface area contributed by atoms with E-state index in [0.29, 0.717) is 0 Å². The maximum atomic E-state index is 3.49.